The predicted octanol–water partition coefficient (Wildman–Crippen LogP) is 3.51. The summed E-state index contributed by atoms with van der Waals surface area (Å²) in [4.78, 5) is 28.4. The Morgan fingerprint density at radius 2 is 1.88 bits per heavy atom. The van der Waals surface area contributed by atoms with Crippen LogP contribution in [0.4, 0.5) is 0 Å². The molecule has 0 saturated carbocycles. The van der Waals surface area contributed by atoms with Gasteiger partial charge in [0.2, 0.25) is 11.7 Å². The molecule has 0 spiro atoms. The number of aromatic nitrogens is 3. The molecule has 8 heteroatoms. The maximum atomic E-state index is 13.2. The molecule has 1 aromatic carbocycles. The molecular formula is C25H28N4O4. The van der Waals surface area contributed by atoms with Crippen LogP contribution in [0.5, 0.6) is 17.2 Å². The van der Waals surface area contributed by atoms with Gasteiger partial charge in [0.15, 0.2) is 17.3 Å². The number of methoxy groups -OCH3 is 3. The van der Waals surface area contributed by atoms with Crippen LogP contribution in [-0.2, 0) is 11.2 Å². The Balaban J connectivity index is 1.49. The zero-order chi connectivity index (χ0) is 23.2. The minimum atomic E-state index is 0.0653. The molecule has 1 unspecified atom stereocenters. The standard InChI is InChI=1S/C25H28N4O4/c1-31-21-12-17(13-22(32-2)24(21)33-3)14-23(30)29-11-5-7-19(16-29)20-8-10-27-25(28-20)18-6-4-9-26-15-18/h4,6,8-10,12-13,15,19H,5,7,11,14,16H2,1-3H3. The number of hydrogen-bond acceptors (Lipinski definition) is 7. The summed E-state index contributed by atoms with van der Waals surface area (Å²) >= 11 is 0. The summed E-state index contributed by atoms with van der Waals surface area (Å²) in [6, 6.07) is 9.41. The average molecular weight is 449 g/mol. The van der Waals surface area contributed by atoms with E-state index in [1.165, 1.54) is 0 Å². The van der Waals surface area contributed by atoms with Crippen molar-refractivity contribution in [1.29, 1.82) is 0 Å². The Kier molecular flexibility index (Phi) is 7.02. The number of benzene rings is 1. The number of ether oxygens (including phenoxy) is 3. The van der Waals surface area contributed by atoms with Gasteiger partial charge in [-0.1, -0.05) is 0 Å². The maximum absolute atomic E-state index is 13.2. The number of piperidine rings is 1. The summed E-state index contributed by atoms with van der Waals surface area (Å²) < 4.78 is 16.2. The summed E-state index contributed by atoms with van der Waals surface area (Å²) in [7, 11) is 4.70. The third-order valence-electron chi connectivity index (χ3n) is 5.87. The number of rotatable bonds is 7. The third-order valence-corrected chi connectivity index (χ3v) is 5.87. The van der Waals surface area contributed by atoms with Gasteiger partial charge < -0.3 is 19.1 Å². The van der Waals surface area contributed by atoms with E-state index in [1.807, 2.05) is 35.2 Å². The lowest BCUT2D eigenvalue weighted by Gasteiger charge is -2.32. The van der Waals surface area contributed by atoms with E-state index in [4.69, 9.17) is 19.2 Å². The van der Waals surface area contributed by atoms with Gasteiger partial charge in [-0.3, -0.25) is 9.78 Å². The van der Waals surface area contributed by atoms with Crippen molar-refractivity contribution >= 4 is 5.91 Å². The van der Waals surface area contributed by atoms with Crippen molar-refractivity contribution in [2.24, 2.45) is 0 Å². The first kappa shape index (κ1) is 22.5. The van der Waals surface area contributed by atoms with Gasteiger partial charge >= 0.3 is 0 Å². The van der Waals surface area contributed by atoms with Crippen molar-refractivity contribution in [2.45, 2.75) is 25.2 Å². The third kappa shape index (κ3) is 5.05. The second-order valence-corrected chi connectivity index (χ2v) is 7.94. The number of nitrogens with zero attached hydrogens (tertiary/aromatic N) is 4. The van der Waals surface area contributed by atoms with Crippen LogP contribution in [0.2, 0.25) is 0 Å². The molecule has 3 heterocycles. The zero-order valence-corrected chi connectivity index (χ0v) is 19.2. The predicted molar refractivity (Wildman–Crippen MR) is 124 cm³/mol. The van der Waals surface area contributed by atoms with Gasteiger partial charge in [-0.05, 0) is 48.7 Å². The van der Waals surface area contributed by atoms with Crippen LogP contribution >= 0.6 is 0 Å². The first-order chi connectivity index (χ1) is 16.1. The second kappa shape index (κ2) is 10.3. The van der Waals surface area contributed by atoms with Crippen molar-refractivity contribution < 1.29 is 19.0 Å². The van der Waals surface area contributed by atoms with Crippen molar-refractivity contribution in [1.82, 2.24) is 19.9 Å². The minimum Gasteiger partial charge on any atom is -0.493 e. The molecule has 0 bridgehead atoms. The number of hydrogen-bond donors (Lipinski definition) is 0. The largest absolute Gasteiger partial charge is 0.493 e. The molecule has 1 atom stereocenters. The fourth-order valence-electron chi connectivity index (χ4n) is 4.20. The van der Waals surface area contributed by atoms with Crippen LogP contribution in [0.15, 0.2) is 48.9 Å². The highest BCUT2D eigenvalue weighted by Crippen LogP contribution is 2.38. The molecule has 0 aliphatic carbocycles. The summed E-state index contributed by atoms with van der Waals surface area (Å²) in [5.74, 6) is 2.49. The molecule has 1 aliphatic rings. The van der Waals surface area contributed by atoms with Gasteiger partial charge in [0.05, 0.1) is 27.8 Å². The van der Waals surface area contributed by atoms with E-state index >= 15 is 0 Å². The fraction of sp³-hybridized carbons (Fsp3) is 0.360. The lowest BCUT2D eigenvalue weighted by Crippen LogP contribution is -2.40. The molecular weight excluding hydrogens is 420 g/mol. The lowest BCUT2D eigenvalue weighted by molar-refractivity contribution is -0.131. The number of carbonyl (C=O) groups is 1. The molecule has 8 nitrogen and oxygen atoms in total. The summed E-state index contributed by atoms with van der Waals surface area (Å²) in [5, 5.41) is 0. The second-order valence-electron chi connectivity index (χ2n) is 7.94. The number of carbonyl (C=O) groups excluding carboxylic acids is 1. The molecule has 33 heavy (non-hydrogen) atoms. The van der Waals surface area contributed by atoms with Crippen molar-refractivity contribution in [3.8, 4) is 28.6 Å². The topological polar surface area (TPSA) is 86.7 Å². The van der Waals surface area contributed by atoms with Gasteiger partial charge in [0.25, 0.3) is 0 Å². The Morgan fingerprint density at radius 3 is 2.55 bits per heavy atom. The van der Waals surface area contributed by atoms with Crippen LogP contribution in [0.25, 0.3) is 11.4 Å². The van der Waals surface area contributed by atoms with Crippen molar-refractivity contribution in [2.75, 3.05) is 34.4 Å². The Hall–Kier alpha value is -3.68. The highest BCUT2D eigenvalue weighted by atomic mass is 16.5. The van der Waals surface area contributed by atoms with E-state index in [-0.39, 0.29) is 18.2 Å². The van der Waals surface area contributed by atoms with Crippen LogP contribution in [-0.4, -0.2) is 60.2 Å². The molecule has 3 aromatic rings. The number of amides is 1. The van der Waals surface area contributed by atoms with E-state index in [0.29, 0.717) is 29.6 Å². The molecule has 1 saturated heterocycles. The Bertz CT molecular complexity index is 1080. The van der Waals surface area contributed by atoms with E-state index < -0.39 is 0 Å². The normalized spacial score (nSPS) is 15.7. The highest BCUT2D eigenvalue weighted by molar-refractivity contribution is 5.79. The lowest BCUT2D eigenvalue weighted by atomic mass is 9.94. The maximum Gasteiger partial charge on any atom is 0.227 e. The monoisotopic (exact) mass is 448 g/mol. The fourth-order valence-corrected chi connectivity index (χ4v) is 4.20. The first-order valence-corrected chi connectivity index (χ1v) is 10.9. The van der Waals surface area contributed by atoms with Gasteiger partial charge in [0.1, 0.15) is 0 Å². The molecule has 0 N–H and O–H groups in total. The van der Waals surface area contributed by atoms with E-state index in [2.05, 4.69) is 9.97 Å². The first-order valence-electron chi connectivity index (χ1n) is 10.9. The van der Waals surface area contributed by atoms with Crippen LogP contribution in [0.3, 0.4) is 0 Å². The van der Waals surface area contributed by atoms with Crippen LogP contribution < -0.4 is 14.2 Å². The highest BCUT2D eigenvalue weighted by Gasteiger charge is 2.26. The van der Waals surface area contributed by atoms with Gasteiger partial charge in [-0.15, -0.1) is 0 Å². The summed E-state index contributed by atoms with van der Waals surface area (Å²) in [5.41, 5.74) is 2.65. The smallest absolute Gasteiger partial charge is 0.227 e. The summed E-state index contributed by atoms with van der Waals surface area (Å²) in [6.07, 6.45) is 7.43. The van der Waals surface area contributed by atoms with E-state index in [1.54, 1.807) is 39.9 Å². The average Bonchev–Trinajstić information content (AvgIpc) is 2.88. The molecule has 2 aromatic heterocycles. The van der Waals surface area contributed by atoms with Crippen LogP contribution in [0, 0.1) is 0 Å². The SMILES string of the molecule is COc1cc(CC(=O)N2CCCC(c3ccnc(-c4cccnc4)n3)C2)cc(OC)c1OC. The van der Waals surface area contributed by atoms with E-state index in [9.17, 15) is 4.79 Å². The molecule has 1 amide bonds. The molecule has 4 rings (SSSR count). The number of pyridine rings is 1. The van der Waals surface area contributed by atoms with Crippen molar-refractivity contribution in [3.63, 3.8) is 0 Å². The van der Waals surface area contributed by atoms with E-state index in [0.717, 1.165) is 36.2 Å². The van der Waals surface area contributed by atoms with Gasteiger partial charge in [-0.2, -0.15) is 0 Å². The molecule has 1 aliphatic heterocycles. The van der Waals surface area contributed by atoms with Gasteiger partial charge in [-0.25, -0.2) is 9.97 Å². The van der Waals surface area contributed by atoms with Crippen molar-refractivity contribution in [3.05, 3.63) is 60.2 Å². The zero-order valence-electron chi connectivity index (χ0n) is 19.2. The Morgan fingerprint density at radius 1 is 1.09 bits per heavy atom. The molecule has 0 radical (unpaired) electrons. The summed E-state index contributed by atoms with van der Waals surface area (Å²) in [6.45, 7) is 1.37. The van der Waals surface area contributed by atoms with Crippen LogP contribution in [0.1, 0.15) is 30.0 Å². The quantitative estimate of drug-likeness (QED) is 0.547. The number of likely N-dealkylation sites (tertiary alicyclic amines) is 1. The van der Waals surface area contributed by atoms with Gasteiger partial charge in [0, 0.05) is 48.9 Å². The molecule has 172 valence electrons. The minimum absolute atomic E-state index is 0.0653. The molecule has 1 fully saturated rings. The Labute approximate surface area is 193 Å².